The molecule has 114 valence electrons. The smallest absolute Gasteiger partial charge is 0.108 e. The lowest BCUT2D eigenvalue weighted by Gasteiger charge is -2.19. The van der Waals surface area contributed by atoms with Crippen molar-refractivity contribution in [2.24, 2.45) is 0 Å². The number of aryl methyl sites for hydroxylation is 1. The molecule has 0 saturated heterocycles. The molecule has 0 radical (unpaired) electrons. The number of aliphatic hydroxyl groups is 1. The molecule has 0 saturated carbocycles. The maximum Gasteiger partial charge on any atom is 0.108 e. The average molecular weight is 312 g/mol. The Hall–Kier alpha value is -1.75. The van der Waals surface area contributed by atoms with Gasteiger partial charge in [-0.2, -0.15) is 0 Å². The van der Waals surface area contributed by atoms with E-state index in [1.807, 2.05) is 49.5 Å². The van der Waals surface area contributed by atoms with Crippen LogP contribution in [0.4, 0.5) is 0 Å². The van der Waals surface area contributed by atoms with Crippen LogP contribution in [-0.2, 0) is 6.54 Å². The third-order valence-electron chi connectivity index (χ3n) is 3.69. The van der Waals surface area contributed by atoms with Crippen molar-refractivity contribution in [3.8, 4) is 0 Å². The summed E-state index contributed by atoms with van der Waals surface area (Å²) in [6.07, 6.45) is -0.472. The van der Waals surface area contributed by atoms with Crippen LogP contribution in [0, 0.1) is 6.92 Å². The van der Waals surface area contributed by atoms with Crippen LogP contribution < -0.4 is 0 Å². The van der Waals surface area contributed by atoms with Gasteiger partial charge >= 0.3 is 0 Å². The fraction of sp³-hybridized carbons (Fsp3) is 0.278. The van der Waals surface area contributed by atoms with Gasteiger partial charge in [0.05, 0.1) is 22.9 Å². The third kappa shape index (κ3) is 3.53. The van der Waals surface area contributed by atoms with Gasteiger partial charge in [-0.05, 0) is 31.7 Å². The molecule has 0 amide bonds. The molecule has 3 rings (SSSR count). The number of para-hydroxylation sites is 1. The molecule has 1 unspecified atom stereocenters. The lowest BCUT2D eigenvalue weighted by atomic mass is 10.1. The SMILES string of the molecule is Cc1ccc(C(O)CN(C)Cc2nc3ccccc3s2)cc1. The molecule has 1 N–H and O–H groups in total. The number of hydrogen-bond donors (Lipinski definition) is 1. The van der Waals surface area contributed by atoms with E-state index in [0.29, 0.717) is 6.54 Å². The Labute approximate surface area is 134 Å². The van der Waals surface area contributed by atoms with Gasteiger partial charge in [0.15, 0.2) is 0 Å². The van der Waals surface area contributed by atoms with Crippen LogP contribution in [0.15, 0.2) is 48.5 Å². The first-order valence-corrected chi connectivity index (χ1v) is 8.21. The lowest BCUT2D eigenvalue weighted by molar-refractivity contribution is 0.124. The molecular formula is C18H20N2OS. The molecule has 0 aliphatic rings. The van der Waals surface area contributed by atoms with Gasteiger partial charge in [-0.3, -0.25) is 4.90 Å². The van der Waals surface area contributed by atoms with E-state index in [2.05, 4.69) is 22.9 Å². The summed E-state index contributed by atoms with van der Waals surface area (Å²) in [5.41, 5.74) is 3.22. The zero-order valence-electron chi connectivity index (χ0n) is 12.9. The fourth-order valence-corrected chi connectivity index (χ4v) is 3.52. The molecule has 2 aromatic carbocycles. The van der Waals surface area contributed by atoms with E-state index in [-0.39, 0.29) is 0 Å². The zero-order valence-corrected chi connectivity index (χ0v) is 13.7. The van der Waals surface area contributed by atoms with Crippen LogP contribution in [-0.4, -0.2) is 28.6 Å². The summed E-state index contributed by atoms with van der Waals surface area (Å²) in [7, 11) is 2.02. The summed E-state index contributed by atoms with van der Waals surface area (Å²) in [6.45, 7) is 3.40. The Kier molecular flexibility index (Phi) is 4.52. The molecule has 4 heteroatoms. The second-order valence-corrected chi connectivity index (χ2v) is 6.81. The van der Waals surface area contributed by atoms with Crippen LogP contribution in [0.25, 0.3) is 10.2 Å². The van der Waals surface area contributed by atoms with Gasteiger partial charge in [0, 0.05) is 6.54 Å². The molecule has 0 aliphatic carbocycles. The van der Waals surface area contributed by atoms with Crippen molar-refractivity contribution in [1.29, 1.82) is 0 Å². The number of thiazole rings is 1. The van der Waals surface area contributed by atoms with Gasteiger partial charge in [-0.25, -0.2) is 4.98 Å². The predicted molar refractivity (Wildman–Crippen MR) is 92.1 cm³/mol. The predicted octanol–water partition coefficient (Wildman–Crippen LogP) is 3.77. The number of likely N-dealkylation sites (N-methyl/N-ethyl adjacent to an activating group) is 1. The molecule has 0 spiro atoms. The Balaban J connectivity index is 1.64. The maximum atomic E-state index is 10.3. The number of aromatic nitrogens is 1. The van der Waals surface area contributed by atoms with Crippen LogP contribution >= 0.6 is 11.3 Å². The summed E-state index contributed by atoms with van der Waals surface area (Å²) >= 11 is 1.72. The summed E-state index contributed by atoms with van der Waals surface area (Å²) < 4.78 is 1.21. The molecule has 1 atom stereocenters. The van der Waals surface area contributed by atoms with E-state index in [1.165, 1.54) is 10.3 Å². The Morgan fingerprint density at radius 2 is 1.86 bits per heavy atom. The van der Waals surface area contributed by atoms with E-state index in [1.54, 1.807) is 11.3 Å². The summed E-state index contributed by atoms with van der Waals surface area (Å²) in [4.78, 5) is 6.75. The van der Waals surface area contributed by atoms with Gasteiger partial charge in [0.25, 0.3) is 0 Å². The Morgan fingerprint density at radius 1 is 1.14 bits per heavy atom. The number of rotatable bonds is 5. The first-order valence-electron chi connectivity index (χ1n) is 7.39. The van der Waals surface area contributed by atoms with Crippen molar-refractivity contribution in [3.05, 3.63) is 64.7 Å². The molecule has 22 heavy (non-hydrogen) atoms. The highest BCUT2D eigenvalue weighted by molar-refractivity contribution is 7.18. The van der Waals surface area contributed by atoms with E-state index in [4.69, 9.17) is 0 Å². The minimum Gasteiger partial charge on any atom is -0.387 e. The summed E-state index contributed by atoms with van der Waals surface area (Å²) in [5, 5.41) is 11.4. The van der Waals surface area contributed by atoms with Gasteiger partial charge in [0.2, 0.25) is 0 Å². The first kappa shape index (κ1) is 15.2. The van der Waals surface area contributed by atoms with Crippen molar-refractivity contribution < 1.29 is 5.11 Å². The quantitative estimate of drug-likeness (QED) is 0.779. The standard InChI is InChI=1S/C18H20N2OS/c1-13-7-9-14(10-8-13)16(21)11-20(2)12-18-19-15-5-3-4-6-17(15)22-18/h3-10,16,21H,11-12H2,1-2H3. The van der Waals surface area contributed by atoms with Gasteiger partial charge in [0.1, 0.15) is 5.01 Å². The van der Waals surface area contributed by atoms with Crippen molar-refractivity contribution in [2.45, 2.75) is 19.6 Å². The third-order valence-corrected chi connectivity index (χ3v) is 4.71. The van der Waals surface area contributed by atoms with E-state index in [0.717, 1.165) is 22.6 Å². The van der Waals surface area contributed by atoms with E-state index in [9.17, 15) is 5.11 Å². The van der Waals surface area contributed by atoms with Crippen molar-refractivity contribution >= 4 is 21.6 Å². The Morgan fingerprint density at radius 3 is 2.59 bits per heavy atom. The Bertz CT molecular complexity index is 718. The normalized spacial score (nSPS) is 12.9. The number of nitrogens with zero attached hydrogens (tertiary/aromatic N) is 2. The van der Waals surface area contributed by atoms with Crippen LogP contribution in [0.1, 0.15) is 22.2 Å². The van der Waals surface area contributed by atoms with Crippen molar-refractivity contribution in [2.75, 3.05) is 13.6 Å². The number of benzene rings is 2. The molecule has 1 aromatic heterocycles. The molecule has 0 bridgehead atoms. The second kappa shape index (κ2) is 6.57. The molecule has 1 heterocycles. The highest BCUT2D eigenvalue weighted by Crippen LogP contribution is 2.23. The number of aliphatic hydroxyl groups excluding tert-OH is 1. The molecule has 0 aliphatic heterocycles. The van der Waals surface area contributed by atoms with Crippen LogP contribution in [0.3, 0.4) is 0 Å². The fourth-order valence-electron chi connectivity index (χ4n) is 2.47. The minimum absolute atomic E-state index is 0.472. The molecule has 0 fully saturated rings. The molecule has 3 nitrogen and oxygen atoms in total. The number of fused-ring (bicyclic) bond motifs is 1. The monoisotopic (exact) mass is 312 g/mol. The minimum atomic E-state index is -0.472. The number of hydrogen-bond acceptors (Lipinski definition) is 4. The van der Waals surface area contributed by atoms with E-state index < -0.39 is 6.10 Å². The van der Waals surface area contributed by atoms with Crippen LogP contribution in [0.5, 0.6) is 0 Å². The zero-order chi connectivity index (χ0) is 15.5. The van der Waals surface area contributed by atoms with E-state index >= 15 is 0 Å². The molecule has 3 aromatic rings. The average Bonchev–Trinajstić information content (AvgIpc) is 2.89. The van der Waals surface area contributed by atoms with Gasteiger partial charge in [-0.15, -0.1) is 11.3 Å². The lowest BCUT2D eigenvalue weighted by Crippen LogP contribution is -2.24. The highest BCUT2D eigenvalue weighted by atomic mass is 32.1. The van der Waals surface area contributed by atoms with Gasteiger partial charge in [-0.1, -0.05) is 42.0 Å². The summed E-state index contributed by atoms with van der Waals surface area (Å²) in [5.74, 6) is 0. The molecular weight excluding hydrogens is 292 g/mol. The van der Waals surface area contributed by atoms with Crippen molar-refractivity contribution in [3.63, 3.8) is 0 Å². The van der Waals surface area contributed by atoms with Crippen LogP contribution in [0.2, 0.25) is 0 Å². The maximum absolute atomic E-state index is 10.3. The second-order valence-electron chi connectivity index (χ2n) is 5.70. The van der Waals surface area contributed by atoms with Gasteiger partial charge < -0.3 is 5.11 Å². The summed E-state index contributed by atoms with van der Waals surface area (Å²) in [6, 6.07) is 16.2. The highest BCUT2D eigenvalue weighted by Gasteiger charge is 2.12. The van der Waals surface area contributed by atoms with Crippen molar-refractivity contribution in [1.82, 2.24) is 9.88 Å². The first-order chi connectivity index (χ1) is 10.6. The largest absolute Gasteiger partial charge is 0.387 e. The topological polar surface area (TPSA) is 36.4 Å².